The van der Waals surface area contributed by atoms with Crippen molar-refractivity contribution in [1.29, 1.82) is 0 Å². The van der Waals surface area contributed by atoms with Crippen LogP contribution >= 0.6 is 15.9 Å². The topological polar surface area (TPSA) is 53.4 Å². The van der Waals surface area contributed by atoms with Crippen LogP contribution < -0.4 is 0 Å². The Hall–Kier alpha value is -1.72. The van der Waals surface area contributed by atoms with E-state index in [4.69, 9.17) is 0 Å². The van der Waals surface area contributed by atoms with Gasteiger partial charge in [-0.1, -0.05) is 34.1 Å². The number of hydrogen-bond acceptors (Lipinski definition) is 3. The highest BCUT2D eigenvalue weighted by Crippen LogP contribution is 2.32. The number of aromatic nitrogens is 1. The Morgan fingerprint density at radius 1 is 1.17 bits per heavy atom. The zero-order valence-electron chi connectivity index (χ0n) is 12.7. The molecule has 4 nitrogen and oxygen atoms in total. The van der Waals surface area contributed by atoms with Crippen LogP contribution in [0.1, 0.15) is 30.1 Å². The van der Waals surface area contributed by atoms with Crippen LogP contribution in [0.25, 0.3) is 0 Å². The summed E-state index contributed by atoms with van der Waals surface area (Å²) in [6.07, 6.45) is 3.19. The van der Waals surface area contributed by atoms with Crippen molar-refractivity contribution in [2.24, 2.45) is 5.92 Å². The Morgan fingerprint density at radius 2 is 1.87 bits per heavy atom. The van der Waals surface area contributed by atoms with E-state index in [9.17, 15) is 9.90 Å². The fourth-order valence-corrected chi connectivity index (χ4v) is 3.42. The summed E-state index contributed by atoms with van der Waals surface area (Å²) < 4.78 is 1.05. The van der Waals surface area contributed by atoms with Crippen LogP contribution in [0.15, 0.2) is 53.1 Å². The molecule has 2 heterocycles. The van der Waals surface area contributed by atoms with Gasteiger partial charge >= 0.3 is 5.97 Å². The van der Waals surface area contributed by atoms with Crippen molar-refractivity contribution < 1.29 is 9.90 Å². The fraction of sp³-hybridized carbons (Fsp3) is 0.333. The molecule has 0 spiro atoms. The molecule has 1 aromatic heterocycles. The molecule has 1 fully saturated rings. The van der Waals surface area contributed by atoms with E-state index in [1.165, 1.54) is 5.56 Å². The summed E-state index contributed by atoms with van der Waals surface area (Å²) in [4.78, 5) is 18.0. The summed E-state index contributed by atoms with van der Waals surface area (Å²) >= 11 is 3.48. The maximum Gasteiger partial charge on any atom is 0.306 e. The average molecular weight is 375 g/mol. The number of aliphatic carboxylic acids is 1. The van der Waals surface area contributed by atoms with Crippen molar-refractivity contribution in [1.82, 2.24) is 9.88 Å². The van der Waals surface area contributed by atoms with Crippen molar-refractivity contribution in [3.8, 4) is 0 Å². The van der Waals surface area contributed by atoms with Crippen LogP contribution in [-0.2, 0) is 4.79 Å². The second-order valence-corrected chi connectivity index (χ2v) is 6.77. The molecule has 2 aromatic rings. The smallest absolute Gasteiger partial charge is 0.306 e. The predicted octanol–water partition coefficient (Wildman–Crippen LogP) is 3.73. The molecule has 3 rings (SSSR count). The number of carboxylic acids is 1. The van der Waals surface area contributed by atoms with Crippen molar-refractivity contribution in [3.63, 3.8) is 0 Å². The first-order valence-corrected chi connectivity index (χ1v) is 8.57. The highest BCUT2D eigenvalue weighted by Gasteiger charge is 2.30. The molecule has 1 N–H and O–H groups in total. The molecule has 1 aliphatic rings. The Bertz CT molecular complexity index is 652. The molecule has 1 saturated heterocycles. The van der Waals surface area contributed by atoms with E-state index in [-0.39, 0.29) is 12.0 Å². The molecule has 5 heteroatoms. The standard InChI is InChI=1S/C18H19BrN2O2/c19-15-6-4-13(5-7-15)17(16-3-1-2-10-20-16)21-11-8-14(9-12-21)18(22)23/h1-7,10,14,17H,8-9,11-12H2,(H,22,23). The molecule has 0 amide bonds. The molecule has 23 heavy (non-hydrogen) atoms. The summed E-state index contributed by atoms with van der Waals surface area (Å²) in [5, 5.41) is 9.19. The fourth-order valence-electron chi connectivity index (χ4n) is 3.16. The van der Waals surface area contributed by atoms with Crippen LogP contribution in [0.5, 0.6) is 0 Å². The molecule has 0 aliphatic carbocycles. The predicted molar refractivity (Wildman–Crippen MR) is 92.2 cm³/mol. The molecule has 1 atom stereocenters. The van der Waals surface area contributed by atoms with Gasteiger partial charge < -0.3 is 5.11 Å². The summed E-state index contributed by atoms with van der Waals surface area (Å²) in [6.45, 7) is 1.54. The lowest BCUT2D eigenvalue weighted by atomic mass is 9.93. The van der Waals surface area contributed by atoms with E-state index < -0.39 is 5.97 Å². The Kier molecular flexibility index (Phi) is 5.08. The van der Waals surface area contributed by atoms with Crippen LogP contribution in [0.2, 0.25) is 0 Å². The van der Waals surface area contributed by atoms with Crippen molar-refractivity contribution in [2.45, 2.75) is 18.9 Å². The number of hydrogen-bond donors (Lipinski definition) is 1. The number of benzene rings is 1. The quantitative estimate of drug-likeness (QED) is 0.885. The van der Waals surface area contributed by atoms with Crippen LogP contribution in [0, 0.1) is 5.92 Å². The van der Waals surface area contributed by atoms with E-state index in [2.05, 4.69) is 37.9 Å². The third-order valence-electron chi connectivity index (χ3n) is 4.40. The van der Waals surface area contributed by atoms with Gasteiger partial charge in [-0.2, -0.15) is 0 Å². The highest BCUT2D eigenvalue weighted by atomic mass is 79.9. The minimum atomic E-state index is -0.678. The van der Waals surface area contributed by atoms with Crippen molar-refractivity contribution in [2.75, 3.05) is 13.1 Å². The monoisotopic (exact) mass is 374 g/mol. The second kappa shape index (κ2) is 7.23. The van der Waals surface area contributed by atoms with E-state index in [0.717, 1.165) is 23.3 Å². The summed E-state index contributed by atoms with van der Waals surface area (Å²) in [7, 11) is 0. The maximum absolute atomic E-state index is 11.2. The zero-order valence-corrected chi connectivity index (χ0v) is 14.3. The summed E-state index contributed by atoms with van der Waals surface area (Å²) in [5.41, 5.74) is 2.18. The number of carboxylic acid groups (broad SMARTS) is 1. The Morgan fingerprint density at radius 3 is 2.43 bits per heavy atom. The van der Waals surface area contributed by atoms with Gasteiger partial charge in [-0.25, -0.2) is 0 Å². The normalized spacial score (nSPS) is 17.8. The molecular weight excluding hydrogens is 356 g/mol. The van der Waals surface area contributed by atoms with Gasteiger partial charge in [0.2, 0.25) is 0 Å². The molecule has 1 aromatic carbocycles. The first kappa shape index (κ1) is 16.1. The third-order valence-corrected chi connectivity index (χ3v) is 4.93. The third kappa shape index (κ3) is 3.79. The number of halogens is 1. The zero-order chi connectivity index (χ0) is 16.2. The van der Waals surface area contributed by atoms with Gasteiger partial charge in [0.15, 0.2) is 0 Å². The van der Waals surface area contributed by atoms with Gasteiger partial charge in [-0.15, -0.1) is 0 Å². The minimum Gasteiger partial charge on any atom is -0.481 e. The van der Waals surface area contributed by atoms with Gasteiger partial charge in [0, 0.05) is 10.7 Å². The van der Waals surface area contributed by atoms with E-state index in [1.54, 1.807) is 0 Å². The number of likely N-dealkylation sites (tertiary alicyclic amines) is 1. The second-order valence-electron chi connectivity index (χ2n) is 5.86. The molecule has 1 aliphatic heterocycles. The first-order valence-electron chi connectivity index (χ1n) is 7.78. The lowest BCUT2D eigenvalue weighted by Gasteiger charge is -2.36. The lowest BCUT2D eigenvalue weighted by Crippen LogP contribution is -2.39. The molecule has 0 radical (unpaired) electrons. The van der Waals surface area contributed by atoms with Gasteiger partial charge in [0.05, 0.1) is 17.7 Å². The number of nitrogens with zero attached hydrogens (tertiary/aromatic N) is 2. The van der Waals surface area contributed by atoms with E-state index >= 15 is 0 Å². The van der Waals surface area contributed by atoms with E-state index in [0.29, 0.717) is 12.8 Å². The molecule has 0 saturated carbocycles. The molecule has 0 bridgehead atoms. The van der Waals surface area contributed by atoms with Gasteiger partial charge in [0.25, 0.3) is 0 Å². The van der Waals surface area contributed by atoms with Crippen LogP contribution in [0.4, 0.5) is 0 Å². The first-order chi connectivity index (χ1) is 11.1. The largest absolute Gasteiger partial charge is 0.481 e. The van der Waals surface area contributed by atoms with Gasteiger partial charge in [0.1, 0.15) is 0 Å². The van der Waals surface area contributed by atoms with E-state index in [1.807, 2.05) is 36.5 Å². The number of piperidine rings is 1. The van der Waals surface area contributed by atoms with Gasteiger partial charge in [-0.05, 0) is 55.8 Å². The molecule has 120 valence electrons. The number of carbonyl (C=O) groups is 1. The van der Waals surface area contributed by atoms with Gasteiger partial charge in [-0.3, -0.25) is 14.7 Å². The minimum absolute atomic E-state index is 0.0686. The number of rotatable bonds is 4. The van der Waals surface area contributed by atoms with Crippen molar-refractivity contribution >= 4 is 21.9 Å². The maximum atomic E-state index is 11.2. The summed E-state index contributed by atoms with van der Waals surface area (Å²) in [6, 6.07) is 14.3. The lowest BCUT2D eigenvalue weighted by molar-refractivity contribution is -0.143. The SMILES string of the molecule is O=C(O)C1CCN(C(c2ccc(Br)cc2)c2ccccn2)CC1. The summed E-state index contributed by atoms with van der Waals surface area (Å²) in [5.74, 6) is -0.900. The Labute approximate surface area is 144 Å². The average Bonchev–Trinajstić information content (AvgIpc) is 2.58. The number of pyridine rings is 1. The molecular formula is C18H19BrN2O2. The van der Waals surface area contributed by atoms with Crippen molar-refractivity contribution in [3.05, 3.63) is 64.4 Å². The van der Waals surface area contributed by atoms with Crippen LogP contribution in [-0.4, -0.2) is 34.0 Å². The van der Waals surface area contributed by atoms with Crippen LogP contribution in [0.3, 0.4) is 0 Å². The molecule has 1 unspecified atom stereocenters. The highest BCUT2D eigenvalue weighted by molar-refractivity contribution is 9.10. The Balaban J connectivity index is 1.87.